The molecular formula is C20H14ClNO2. The van der Waals surface area contributed by atoms with Crippen molar-refractivity contribution in [2.45, 2.75) is 13.8 Å². The summed E-state index contributed by atoms with van der Waals surface area (Å²) in [4.78, 5) is 12.7. The molecule has 1 heterocycles. The number of aryl methyl sites for hydroxylation is 2. The Labute approximate surface area is 144 Å². The average Bonchev–Trinajstić information content (AvgIpc) is 2.57. The molecule has 0 aliphatic heterocycles. The summed E-state index contributed by atoms with van der Waals surface area (Å²) in [5, 5.41) is 10.4. The molecule has 3 aromatic rings. The zero-order valence-electron chi connectivity index (χ0n) is 13.3. The lowest BCUT2D eigenvalue weighted by Crippen LogP contribution is -2.05. The molecule has 0 saturated carbocycles. The van der Waals surface area contributed by atoms with E-state index in [1.54, 1.807) is 18.2 Å². The van der Waals surface area contributed by atoms with E-state index in [-0.39, 0.29) is 5.43 Å². The number of allylic oxidation sites excluding steroid dienone is 1. The van der Waals surface area contributed by atoms with Crippen molar-refractivity contribution in [3.8, 4) is 6.07 Å². The highest BCUT2D eigenvalue weighted by molar-refractivity contribution is 6.32. The molecule has 0 spiro atoms. The molecule has 4 heteroatoms. The Balaban J connectivity index is 2.21. The van der Waals surface area contributed by atoms with Crippen LogP contribution in [-0.2, 0) is 0 Å². The monoisotopic (exact) mass is 335 g/mol. The minimum Gasteiger partial charge on any atom is -0.463 e. The first-order chi connectivity index (χ1) is 11.5. The summed E-state index contributed by atoms with van der Waals surface area (Å²) in [7, 11) is 0. The Bertz CT molecular complexity index is 1070. The van der Waals surface area contributed by atoms with Crippen LogP contribution < -0.4 is 5.43 Å². The molecule has 0 unspecified atom stereocenters. The lowest BCUT2D eigenvalue weighted by atomic mass is 9.99. The normalized spacial score (nSPS) is 11.5. The van der Waals surface area contributed by atoms with Gasteiger partial charge >= 0.3 is 0 Å². The van der Waals surface area contributed by atoms with Gasteiger partial charge in [-0.15, -0.1) is 0 Å². The number of nitrogens with zero attached hydrogens (tertiary/aromatic N) is 1. The van der Waals surface area contributed by atoms with Crippen LogP contribution in [0.2, 0.25) is 5.02 Å². The Hall–Kier alpha value is -2.83. The van der Waals surface area contributed by atoms with Gasteiger partial charge in [0.2, 0.25) is 0 Å². The van der Waals surface area contributed by atoms with Gasteiger partial charge in [0, 0.05) is 5.02 Å². The first kappa shape index (κ1) is 16.0. The van der Waals surface area contributed by atoms with Gasteiger partial charge in [-0.05, 0) is 48.7 Å². The van der Waals surface area contributed by atoms with Crippen molar-refractivity contribution in [1.29, 1.82) is 5.26 Å². The second-order valence-electron chi connectivity index (χ2n) is 5.60. The molecule has 0 fully saturated rings. The summed E-state index contributed by atoms with van der Waals surface area (Å²) in [6.45, 7) is 3.77. The van der Waals surface area contributed by atoms with Gasteiger partial charge in [-0.25, -0.2) is 0 Å². The molecule has 0 atom stereocenters. The third-order valence-corrected chi connectivity index (χ3v) is 4.34. The van der Waals surface area contributed by atoms with E-state index in [1.807, 2.05) is 38.1 Å². The van der Waals surface area contributed by atoms with E-state index < -0.39 is 0 Å². The van der Waals surface area contributed by atoms with Gasteiger partial charge in [0.25, 0.3) is 0 Å². The smallest absolute Gasteiger partial charge is 0.199 e. The largest absolute Gasteiger partial charge is 0.463 e. The quantitative estimate of drug-likeness (QED) is 0.610. The minimum absolute atomic E-state index is 0.209. The molecule has 0 aliphatic rings. The van der Waals surface area contributed by atoms with Crippen LogP contribution in [0.1, 0.15) is 22.3 Å². The van der Waals surface area contributed by atoms with Gasteiger partial charge in [0.15, 0.2) is 5.43 Å². The highest BCUT2D eigenvalue weighted by atomic mass is 35.5. The second-order valence-corrected chi connectivity index (χ2v) is 6.01. The summed E-state index contributed by atoms with van der Waals surface area (Å²) >= 11 is 6.11. The summed E-state index contributed by atoms with van der Waals surface area (Å²) in [6.07, 6.45) is 2.94. The average molecular weight is 336 g/mol. The second kappa shape index (κ2) is 6.35. The van der Waals surface area contributed by atoms with E-state index in [4.69, 9.17) is 16.0 Å². The molecule has 24 heavy (non-hydrogen) atoms. The molecular weight excluding hydrogens is 322 g/mol. The van der Waals surface area contributed by atoms with Crippen LogP contribution in [0.3, 0.4) is 0 Å². The van der Waals surface area contributed by atoms with Crippen LogP contribution >= 0.6 is 11.6 Å². The summed E-state index contributed by atoms with van der Waals surface area (Å²) < 4.78 is 5.56. The van der Waals surface area contributed by atoms with Crippen molar-refractivity contribution in [2.24, 2.45) is 0 Å². The number of fused-ring (bicyclic) bond motifs is 1. The highest BCUT2D eigenvalue weighted by Gasteiger charge is 2.10. The molecule has 3 nitrogen and oxygen atoms in total. The topological polar surface area (TPSA) is 54.0 Å². The van der Waals surface area contributed by atoms with E-state index >= 15 is 0 Å². The predicted molar refractivity (Wildman–Crippen MR) is 96.9 cm³/mol. The molecule has 2 aromatic carbocycles. The minimum atomic E-state index is -0.209. The maximum Gasteiger partial charge on any atom is 0.199 e. The van der Waals surface area contributed by atoms with Crippen molar-refractivity contribution in [3.05, 3.63) is 80.2 Å². The lowest BCUT2D eigenvalue weighted by molar-refractivity contribution is 0.601. The molecule has 118 valence electrons. The number of hydrogen-bond acceptors (Lipinski definition) is 3. The highest BCUT2D eigenvalue weighted by Crippen LogP contribution is 2.24. The van der Waals surface area contributed by atoms with Gasteiger partial charge in [-0.3, -0.25) is 4.79 Å². The molecule has 0 bridgehead atoms. The first-order valence-corrected chi connectivity index (χ1v) is 7.78. The van der Waals surface area contributed by atoms with Gasteiger partial charge in [-0.2, -0.15) is 5.26 Å². The first-order valence-electron chi connectivity index (χ1n) is 7.40. The molecule has 1 aromatic heterocycles. The van der Waals surface area contributed by atoms with Gasteiger partial charge in [0.1, 0.15) is 11.8 Å². The van der Waals surface area contributed by atoms with Crippen LogP contribution in [0.15, 0.2) is 51.9 Å². The molecule has 0 amide bonds. The predicted octanol–water partition coefficient (Wildman–Crippen LogP) is 5.13. The number of nitriles is 1. The van der Waals surface area contributed by atoms with E-state index in [0.29, 0.717) is 27.1 Å². The van der Waals surface area contributed by atoms with Gasteiger partial charge in [-0.1, -0.05) is 35.9 Å². The zero-order valence-corrected chi connectivity index (χ0v) is 14.0. The Morgan fingerprint density at radius 2 is 1.96 bits per heavy atom. The summed E-state index contributed by atoms with van der Waals surface area (Å²) in [5.74, 6) is 0. The van der Waals surface area contributed by atoms with Crippen molar-refractivity contribution in [3.63, 3.8) is 0 Å². The Morgan fingerprint density at radius 3 is 2.67 bits per heavy atom. The van der Waals surface area contributed by atoms with Crippen molar-refractivity contribution >= 4 is 34.2 Å². The fourth-order valence-corrected chi connectivity index (χ4v) is 2.73. The SMILES string of the molecule is Cc1cc2occ(C=C(C#N)c3ccccc3C)c(=O)c2cc1Cl. The summed E-state index contributed by atoms with van der Waals surface area (Å²) in [5.41, 5.74) is 3.61. The number of benzene rings is 2. The van der Waals surface area contributed by atoms with Crippen molar-refractivity contribution in [2.75, 3.05) is 0 Å². The summed E-state index contributed by atoms with van der Waals surface area (Å²) in [6, 6.07) is 13.0. The van der Waals surface area contributed by atoms with Crippen LogP contribution in [0, 0.1) is 25.2 Å². The molecule has 3 rings (SSSR count). The third kappa shape index (κ3) is 2.84. The van der Waals surface area contributed by atoms with Crippen LogP contribution in [0.25, 0.3) is 22.6 Å². The number of hydrogen-bond donors (Lipinski definition) is 0. The Morgan fingerprint density at radius 1 is 1.21 bits per heavy atom. The van der Waals surface area contributed by atoms with E-state index in [0.717, 1.165) is 16.7 Å². The van der Waals surface area contributed by atoms with Crippen LogP contribution in [-0.4, -0.2) is 0 Å². The zero-order chi connectivity index (χ0) is 17.3. The van der Waals surface area contributed by atoms with Crippen molar-refractivity contribution < 1.29 is 4.42 Å². The maximum absolute atomic E-state index is 12.7. The molecule has 0 saturated heterocycles. The molecule has 0 N–H and O–H groups in total. The molecule has 0 radical (unpaired) electrons. The third-order valence-electron chi connectivity index (χ3n) is 3.94. The van der Waals surface area contributed by atoms with Crippen LogP contribution in [0.5, 0.6) is 0 Å². The van der Waals surface area contributed by atoms with E-state index in [2.05, 4.69) is 6.07 Å². The fourth-order valence-electron chi connectivity index (χ4n) is 2.57. The fraction of sp³-hybridized carbons (Fsp3) is 0.100. The van der Waals surface area contributed by atoms with Crippen LogP contribution in [0.4, 0.5) is 0 Å². The number of rotatable bonds is 2. The van der Waals surface area contributed by atoms with E-state index in [1.165, 1.54) is 6.26 Å². The van der Waals surface area contributed by atoms with Gasteiger partial charge < -0.3 is 4.42 Å². The van der Waals surface area contributed by atoms with Crippen molar-refractivity contribution in [1.82, 2.24) is 0 Å². The van der Waals surface area contributed by atoms with E-state index in [9.17, 15) is 10.1 Å². The van der Waals surface area contributed by atoms with Gasteiger partial charge in [0.05, 0.1) is 22.6 Å². The number of halogens is 1. The Kier molecular flexibility index (Phi) is 4.24. The standard InChI is InChI=1S/C20H14ClNO2/c1-12-5-3-4-6-16(12)14(10-22)8-15-11-24-19-7-13(2)18(21)9-17(19)20(15)23/h3-9,11H,1-2H3. The lowest BCUT2D eigenvalue weighted by Gasteiger charge is -2.05. The molecule has 0 aliphatic carbocycles. The maximum atomic E-state index is 12.7.